The van der Waals surface area contributed by atoms with Crippen LogP contribution < -0.4 is 11.3 Å². The zero-order valence-electron chi connectivity index (χ0n) is 5.20. The number of aryl methyl sites for hydroxylation is 1. The predicted molar refractivity (Wildman–Crippen MR) is 32.0 cm³/mol. The second-order valence-corrected chi connectivity index (χ2v) is 1.72. The summed E-state index contributed by atoms with van der Waals surface area (Å²) in [6.07, 6.45) is 1.63. The molecule has 9 heavy (non-hydrogen) atoms. The van der Waals surface area contributed by atoms with Crippen molar-refractivity contribution in [1.82, 2.24) is 20.2 Å². The molecule has 0 aliphatic heterocycles. The molecule has 0 aliphatic rings. The van der Waals surface area contributed by atoms with Crippen molar-refractivity contribution in [2.45, 2.75) is 6.54 Å². The van der Waals surface area contributed by atoms with E-state index >= 15 is 0 Å². The molecule has 1 rings (SSSR count). The van der Waals surface area contributed by atoms with E-state index in [2.05, 4.69) is 15.5 Å². The maximum atomic E-state index is 5.03. The molecular weight excluding hydrogens is 118 g/mol. The Kier molecular flexibility index (Phi) is 1.76. The summed E-state index contributed by atoms with van der Waals surface area (Å²) in [7, 11) is 1.81. The molecular formula is C4H9N5. The summed E-state index contributed by atoms with van der Waals surface area (Å²) >= 11 is 0. The van der Waals surface area contributed by atoms with E-state index in [4.69, 9.17) is 5.84 Å². The number of nitrogens with one attached hydrogen (secondary N) is 1. The molecule has 3 N–H and O–H groups in total. The highest BCUT2D eigenvalue weighted by Gasteiger charge is 1.93. The van der Waals surface area contributed by atoms with Gasteiger partial charge in [-0.25, -0.2) is 4.98 Å². The first-order valence-corrected chi connectivity index (χ1v) is 2.61. The molecule has 1 aromatic heterocycles. The van der Waals surface area contributed by atoms with Gasteiger partial charge in [0.15, 0.2) is 5.82 Å². The minimum absolute atomic E-state index is 0.515. The van der Waals surface area contributed by atoms with Crippen molar-refractivity contribution in [1.29, 1.82) is 0 Å². The molecule has 0 atom stereocenters. The van der Waals surface area contributed by atoms with Gasteiger partial charge in [-0.15, -0.1) is 0 Å². The molecule has 5 nitrogen and oxygen atoms in total. The lowest BCUT2D eigenvalue weighted by molar-refractivity contribution is 0.677. The van der Waals surface area contributed by atoms with E-state index in [9.17, 15) is 0 Å². The van der Waals surface area contributed by atoms with Crippen LogP contribution in [0.2, 0.25) is 0 Å². The third kappa shape index (κ3) is 1.48. The van der Waals surface area contributed by atoms with Crippen LogP contribution in [0.15, 0.2) is 6.33 Å². The Balaban J connectivity index is 2.61. The molecule has 0 fully saturated rings. The van der Waals surface area contributed by atoms with Gasteiger partial charge in [0.2, 0.25) is 0 Å². The van der Waals surface area contributed by atoms with Gasteiger partial charge < -0.3 is 0 Å². The molecule has 1 heterocycles. The molecule has 1 aromatic rings. The van der Waals surface area contributed by atoms with Crippen molar-refractivity contribution in [2.24, 2.45) is 12.9 Å². The Morgan fingerprint density at radius 1 is 1.89 bits per heavy atom. The van der Waals surface area contributed by atoms with Gasteiger partial charge in [0.1, 0.15) is 6.33 Å². The average molecular weight is 127 g/mol. The average Bonchev–Trinajstić information content (AvgIpc) is 2.17. The quantitative estimate of drug-likeness (QED) is 0.386. The molecule has 5 heteroatoms. The van der Waals surface area contributed by atoms with Gasteiger partial charge in [-0.3, -0.25) is 16.0 Å². The molecule has 0 saturated heterocycles. The van der Waals surface area contributed by atoms with Crippen LogP contribution in [0.5, 0.6) is 0 Å². The van der Waals surface area contributed by atoms with Crippen molar-refractivity contribution < 1.29 is 0 Å². The van der Waals surface area contributed by atoms with Crippen LogP contribution in [0.1, 0.15) is 5.82 Å². The number of nitrogens with zero attached hydrogens (tertiary/aromatic N) is 3. The highest BCUT2D eigenvalue weighted by molar-refractivity contribution is 4.78. The first-order chi connectivity index (χ1) is 4.33. The summed E-state index contributed by atoms with van der Waals surface area (Å²) in [5, 5.41) is 3.96. The van der Waals surface area contributed by atoms with Gasteiger partial charge in [0.05, 0.1) is 6.54 Å². The highest BCUT2D eigenvalue weighted by atomic mass is 15.3. The first-order valence-electron chi connectivity index (χ1n) is 2.61. The van der Waals surface area contributed by atoms with Crippen LogP contribution >= 0.6 is 0 Å². The Hall–Kier alpha value is -0.940. The molecule has 0 aliphatic carbocycles. The number of nitrogens with two attached hydrogens (primary N) is 1. The van der Waals surface area contributed by atoms with Gasteiger partial charge in [-0.1, -0.05) is 0 Å². The number of aromatic nitrogens is 3. The van der Waals surface area contributed by atoms with E-state index in [-0.39, 0.29) is 0 Å². The maximum absolute atomic E-state index is 5.03. The Morgan fingerprint density at radius 2 is 2.67 bits per heavy atom. The van der Waals surface area contributed by atoms with Crippen molar-refractivity contribution in [3.05, 3.63) is 12.2 Å². The second kappa shape index (κ2) is 2.56. The summed E-state index contributed by atoms with van der Waals surface area (Å²) in [6.45, 7) is 0.515. The molecule has 0 spiro atoms. The predicted octanol–water partition coefficient (Wildman–Crippen LogP) is -1.22. The summed E-state index contributed by atoms with van der Waals surface area (Å²) in [6, 6.07) is 0. The molecule has 0 radical (unpaired) electrons. The van der Waals surface area contributed by atoms with Gasteiger partial charge >= 0.3 is 0 Å². The Bertz CT molecular complexity index is 181. The maximum Gasteiger partial charge on any atom is 0.165 e. The minimum Gasteiger partial charge on any atom is -0.271 e. The SMILES string of the molecule is Cn1cnc(CNN)n1. The van der Waals surface area contributed by atoms with Crippen LogP contribution in [-0.2, 0) is 13.6 Å². The molecule has 0 aromatic carbocycles. The zero-order valence-corrected chi connectivity index (χ0v) is 5.20. The van der Waals surface area contributed by atoms with E-state index in [1.54, 1.807) is 11.0 Å². The van der Waals surface area contributed by atoms with Crippen LogP contribution in [0.3, 0.4) is 0 Å². The topological polar surface area (TPSA) is 68.8 Å². The van der Waals surface area contributed by atoms with Crippen molar-refractivity contribution in [3.8, 4) is 0 Å². The standard InChI is InChI=1S/C4H9N5/c1-9-3-6-4(8-9)2-7-5/h3,7H,2,5H2,1H3. The molecule has 0 bridgehead atoms. The number of hydrazine groups is 1. The summed E-state index contributed by atoms with van der Waals surface area (Å²) < 4.78 is 1.63. The third-order valence-electron chi connectivity index (χ3n) is 0.907. The first kappa shape index (κ1) is 6.18. The second-order valence-electron chi connectivity index (χ2n) is 1.72. The van der Waals surface area contributed by atoms with E-state index in [1.807, 2.05) is 7.05 Å². The zero-order chi connectivity index (χ0) is 6.69. The third-order valence-corrected chi connectivity index (χ3v) is 0.907. The monoisotopic (exact) mass is 127 g/mol. The molecule has 0 amide bonds. The van der Waals surface area contributed by atoms with E-state index in [0.717, 1.165) is 0 Å². The van der Waals surface area contributed by atoms with Gasteiger partial charge in [0.25, 0.3) is 0 Å². The fraction of sp³-hybridized carbons (Fsp3) is 0.500. The lowest BCUT2D eigenvalue weighted by Gasteiger charge is -1.88. The lowest BCUT2D eigenvalue weighted by Crippen LogP contribution is -2.21. The van der Waals surface area contributed by atoms with Gasteiger partial charge in [-0.05, 0) is 0 Å². The number of hydrogen-bond acceptors (Lipinski definition) is 4. The van der Waals surface area contributed by atoms with Crippen LogP contribution in [0.4, 0.5) is 0 Å². The van der Waals surface area contributed by atoms with Crippen LogP contribution in [0.25, 0.3) is 0 Å². The summed E-state index contributed by atoms with van der Waals surface area (Å²) in [5.74, 6) is 5.74. The Morgan fingerprint density at radius 3 is 3.11 bits per heavy atom. The van der Waals surface area contributed by atoms with Crippen molar-refractivity contribution in [2.75, 3.05) is 0 Å². The van der Waals surface area contributed by atoms with E-state index in [1.165, 1.54) is 0 Å². The normalized spacial score (nSPS) is 10.0. The molecule has 0 unspecified atom stereocenters. The summed E-state index contributed by atoms with van der Waals surface area (Å²) in [5.41, 5.74) is 2.46. The van der Waals surface area contributed by atoms with E-state index in [0.29, 0.717) is 12.4 Å². The number of hydrogen-bond donors (Lipinski definition) is 2. The van der Waals surface area contributed by atoms with Crippen molar-refractivity contribution >= 4 is 0 Å². The van der Waals surface area contributed by atoms with Crippen LogP contribution in [0, 0.1) is 0 Å². The molecule has 0 saturated carbocycles. The Labute approximate surface area is 52.8 Å². The van der Waals surface area contributed by atoms with Crippen molar-refractivity contribution in [3.63, 3.8) is 0 Å². The minimum atomic E-state index is 0.515. The highest BCUT2D eigenvalue weighted by Crippen LogP contribution is 1.83. The van der Waals surface area contributed by atoms with Gasteiger partial charge in [-0.2, -0.15) is 5.10 Å². The lowest BCUT2D eigenvalue weighted by atomic mass is 10.6. The smallest absolute Gasteiger partial charge is 0.165 e. The molecule has 50 valence electrons. The fourth-order valence-electron chi connectivity index (χ4n) is 0.556. The fourth-order valence-corrected chi connectivity index (χ4v) is 0.556. The van der Waals surface area contributed by atoms with Crippen LogP contribution in [-0.4, -0.2) is 14.8 Å². The van der Waals surface area contributed by atoms with E-state index < -0.39 is 0 Å². The van der Waals surface area contributed by atoms with Gasteiger partial charge in [0, 0.05) is 7.05 Å². The summed E-state index contributed by atoms with van der Waals surface area (Å²) in [4.78, 5) is 3.91. The largest absolute Gasteiger partial charge is 0.271 e. The number of rotatable bonds is 2.